The molecule has 0 fully saturated rings. The lowest BCUT2D eigenvalue weighted by atomic mass is 10.2. The van der Waals surface area contributed by atoms with Crippen LogP contribution in [0.25, 0.3) is 0 Å². The van der Waals surface area contributed by atoms with Crippen molar-refractivity contribution in [3.05, 3.63) is 64.1 Å². The van der Waals surface area contributed by atoms with E-state index in [2.05, 4.69) is 26.5 Å². The summed E-state index contributed by atoms with van der Waals surface area (Å²) in [5.74, 6) is -0.960. The number of halogens is 1. The van der Waals surface area contributed by atoms with Crippen LogP contribution in [0.1, 0.15) is 15.9 Å². The van der Waals surface area contributed by atoms with Crippen LogP contribution in [0.4, 0.5) is 5.69 Å². The highest BCUT2D eigenvalue weighted by molar-refractivity contribution is 9.10. The number of nitrogens with zero attached hydrogens (tertiary/aromatic N) is 1. The van der Waals surface area contributed by atoms with Gasteiger partial charge in [-0.1, -0.05) is 40.2 Å². The summed E-state index contributed by atoms with van der Waals surface area (Å²) < 4.78 is 0.944. The maximum Gasteiger partial charge on any atom is 0.335 e. The summed E-state index contributed by atoms with van der Waals surface area (Å²) in [5, 5.41) is 13.0. The van der Waals surface area contributed by atoms with Gasteiger partial charge in [0.05, 0.1) is 17.5 Å². The van der Waals surface area contributed by atoms with Gasteiger partial charge in [-0.3, -0.25) is 5.43 Å². The minimum Gasteiger partial charge on any atom is -0.478 e. The van der Waals surface area contributed by atoms with Crippen molar-refractivity contribution in [2.24, 2.45) is 5.10 Å². The first-order valence-corrected chi connectivity index (χ1v) is 6.33. The maximum absolute atomic E-state index is 10.8. The van der Waals surface area contributed by atoms with Crippen molar-refractivity contribution in [3.63, 3.8) is 0 Å². The molecule has 2 N–H and O–H groups in total. The van der Waals surface area contributed by atoms with Crippen molar-refractivity contribution in [1.29, 1.82) is 0 Å². The monoisotopic (exact) mass is 318 g/mol. The third kappa shape index (κ3) is 3.66. The third-order valence-electron chi connectivity index (χ3n) is 2.41. The zero-order chi connectivity index (χ0) is 13.7. The highest BCUT2D eigenvalue weighted by atomic mass is 79.9. The van der Waals surface area contributed by atoms with Gasteiger partial charge in [-0.15, -0.1) is 0 Å². The highest BCUT2D eigenvalue weighted by Crippen LogP contribution is 2.14. The molecule has 0 spiro atoms. The Kier molecular flexibility index (Phi) is 4.30. The second-order valence-corrected chi connectivity index (χ2v) is 4.63. The van der Waals surface area contributed by atoms with Crippen LogP contribution in [0.2, 0.25) is 0 Å². The van der Waals surface area contributed by atoms with Gasteiger partial charge in [0.1, 0.15) is 0 Å². The molecule has 2 aromatic rings. The Morgan fingerprint density at radius 3 is 2.74 bits per heavy atom. The number of benzene rings is 2. The van der Waals surface area contributed by atoms with Crippen LogP contribution in [0.5, 0.6) is 0 Å². The van der Waals surface area contributed by atoms with Crippen LogP contribution in [0, 0.1) is 0 Å². The van der Waals surface area contributed by atoms with Gasteiger partial charge in [0.15, 0.2) is 0 Å². The fourth-order valence-corrected chi connectivity index (χ4v) is 1.87. The van der Waals surface area contributed by atoms with Crippen molar-refractivity contribution >= 4 is 33.8 Å². The minimum absolute atomic E-state index is 0.223. The van der Waals surface area contributed by atoms with Crippen molar-refractivity contribution < 1.29 is 9.90 Å². The van der Waals surface area contributed by atoms with Gasteiger partial charge in [-0.25, -0.2) is 4.79 Å². The first-order valence-electron chi connectivity index (χ1n) is 5.54. The number of nitrogens with one attached hydrogen (secondary N) is 1. The van der Waals surface area contributed by atoms with Gasteiger partial charge in [0.25, 0.3) is 0 Å². The van der Waals surface area contributed by atoms with Crippen LogP contribution in [-0.2, 0) is 0 Å². The van der Waals surface area contributed by atoms with Crippen molar-refractivity contribution in [1.82, 2.24) is 0 Å². The van der Waals surface area contributed by atoms with E-state index in [1.54, 1.807) is 18.3 Å². The fourth-order valence-electron chi connectivity index (χ4n) is 1.48. The average Bonchev–Trinajstić information content (AvgIpc) is 2.41. The molecule has 0 aliphatic rings. The summed E-state index contributed by atoms with van der Waals surface area (Å²) in [6, 6.07) is 14.2. The number of anilines is 1. The van der Waals surface area contributed by atoms with Crippen LogP contribution < -0.4 is 5.43 Å². The lowest BCUT2D eigenvalue weighted by Gasteiger charge is -2.02. The average molecular weight is 319 g/mol. The molecular formula is C14H11BrN2O2. The number of hydrogen-bond acceptors (Lipinski definition) is 3. The topological polar surface area (TPSA) is 61.7 Å². The van der Waals surface area contributed by atoms with Crippen molar-refractivity contribution in [2.75, 3.05) is 5.43 Å². The minimum atomic E-state index is -0.960. The standard InChI is InChI=1S/C14H11BrN2O2/c15-13-7-2-1-4-11(13)9-16-17-12-6-3-5-10(8-12)14(18)19/h1-9,17H,(H,18,19). The van der Waals surface area contributed by atoms with Gasteiger partial charge >= 0.3 is 5.97 Å². The number of carbonyl (C=O) groups is 1. The van der Waals surface area contributed by atoms with Crippen molar-refractivity contribution in [2.45, 2.75) is 0 Å². The number of carboxylic acids is 1. The van der Waals surface area contributed by atoms with Gasteiger partial charge in [0.2, 0.25) is 0 Å². The van der Waals surface area contributed by atoms with Gasteiger partial charge in [-0.05, 0) is 24.3 Å². The molecule has 0 atom stereocenters. The molecule has 0 saturated carbocycles. The predicted molar refractivity (Wildman–Crippen MR) is 78.8 cm³/mol. The Balaban J connectivity index is 2.09. The molecule has 0 bridgehead atoms. The van der Waals surface area contributed by atoms with Crippen LogP contribution in [0.3, 0.4) is 0 Å². The summed E-state index contributed by atoms with van der Waals surface area (Å²) in [6.45, 7) is 0. The molecule has 19 heavy (non-hydrogen) atoms. The molecule has 0 heterocycles. The van der Waals surface area contributed by atoms with Crippen LogP contribution in [0.15, 0.2) is 58.1 Å². The van der Waals surface area contributed by atoms with E-state index in [0.29, 0.717) is 5.69 Å². The second-order valence-electron chi connectivity index (χ2n) is 3.78. The molecule has 0 saturated heterocycles. The molecule has 2 aromatic carbocycles. The number of hydrazone groups is 1. The molecule has 2 rings (SSSR count). The summed E-state index contributed by atoms with van der Waals surface area (Å²) in [5.41, 5.74) is 4.59. The van der Waals surface area contributed by atoms with E-state index in [-0.39, 0.29) is 5.56 Å². The van der Waals surface area contributed by atoms with E-state index >= 15 is 0 Å². The van der Waals surface area contributed by atoms with Crippen LogP contribution in [-0.4, -0.2) is 17.3 Å². The SMILES string of the molecule is O=C(O)c1cccc(NN=Cc2ccccc2Br)c1. The molecule has 0 aromatic heterocycles. The number of hydrogen-bond donors (Lipinski definition) is 2. The van der Waals surface area contributed by atoms with Crippen molar-refractivity contribution in [3.8, 4) is 0 Å². The summed E-state index contributed by atoms with van der Waals surface area (Å²) in [6.07, 6.45) is 1.66. The number of aromatic carboxylic acids is 1. The highest BCUT2D eigenvalue weighted by Gasteiger charge is 2.02. The molecular weight excluding hydrogens is 308 g/mol. The summed E-state index contributed by atoms with van der Waals surface area (Å²) in [7, 11) is 0. The largest absolute Gasteiger partial charge is 0.478 e. The first kappa shape index (κ1) is 13.3. The molecule has 5 heteroatoms. The lowest BCUT2D eigenvalue weighted by molar-refractivity contribution is 0.0697. The van der Waals surface area contributed by atoms with Gasteiger partial charge in [-0.2, -0.15) is 5.10 Å². The summed E-state index contributed by atoms with van der Waals surface area (Å²) in [4.78, 5) is 10.8. The number of rotatable bonds is 4. The maximum atomic E-state index is 10.8. The normalized spacial score (nSPS) is 10.6. The Bertz CT molecular complexity index is 626. The molecule has 96 valence electrons. The van der Waals surface area contributed by atoms with E-state index in [1.807, 2.05) is 24.3 Å². The van der Waals surface area contributed by atoms with E-state index in [4.69, 9.17) is 5.11 Å². The third-order valence-corrected chi connectivity index (χ3v) is 3.13. The Hall–Kier alpha value is -2.14. The molecule has 0 aliphatic heterocycles. The quantitative estimate of drug-likeness (QED) is 0.669. The Labute approximate surface area is 118 Å². The van der Waals surface area contributed by atoms with E-state index in [1.165, 1.54) is 12.1 Å². The molecule has 4 nitrogen and oxygen atoms in total. The van der Waals surface area contributed by atoms with Crippen LogP contribution >= 0.6 is 15.9 Å². The smallest absolute Gasteiger partial charge is 0.335 e. The summed E-state index contributed by atoms with van der Waals surface area (Å²) >= 11 is 3.42. The van der Waals surface area contributed by atoms with E-state index < -0.39 is 5.97 Å². The number of carboxylic acid groups (broad SMARTS) is 1. The van der Waals surface area contributed by atoms with E-state index in [0.717, 1.165) is 10.0 Å². The van der Waals surface area contributed by atoms with E-state index in [9.17, 15) is 4.79 Å². The molecule has 0 unspecified atom stereocenters. The Morgan fingerprint density at radius 1 is 1.21 bits per heavy atom. The lowest BCUT2D eigenvalue weighted by Crippen LogP contribution is -1.97. The predicted octanol–water partition coefficient (Wildman–Crippen LogP) is 3.59. The molecule has 0 amide bonds. The molecule has 0 aliphatic carbocycles. The zero-order valence-electron chi connectivity index (χ0n) is 9.88. The molecule has 0 radical (unpaired) electrons. The van der Waals surface area contributed by atoms with Gasteiger partial charge in [0, 0.05) is 10.0 Å². The fraction of sp³-hybridized carbons (Fsp3) is 0. The van der Waals surface area contributed by atoms with Gasteiger partial charge < -0.3 is 5.11 Å². The second kappa shape index (κ2) is 6.15. The first-order chi connectivity index (χ1) is 9.16. The zero-order valence-corrected chi connectivity index (χ0v) is 11.5. The Morgan fingerprint density at radius 2 is 2.00 bits per heavy atom.